The van der Waals surface area contributed by atoms with Gasteiger partial charge in [-0.2, -0.15) is 5.21 Å². The molecule has 5 heteroatoms. The first-order chi connectivity index (χ1) is 5.23. The largest absolute Gasteiger partial charge is 0.318 e. The summed E-state index contributed by atoms with van der Waals surface area (Å²) in [5.74, 6) is 1.12. The molecule has 2 atom stereocenters. The minimum Gasteiger partial charge on any atom is -0.318 e. The van der Waals surface area contributed by atoms with Gasteiger partial charge in [-0.1, -0.05) is 12.1 Å². The van der Waals surface area contributed by atoms with Gasteiger partial charge in [-0.25, -0.2) is 0 Å². The van der Waals surface area contributed by atoms with Gasteiger partial charge in [0.15, 0.2) is 5.82 Å². The van der Waals surface area contributed by atoms with E-state index in [-0.39, 0.29) is 5.54 Å². The minimum atomic E-state index is -0.312. The van der Waals surface area contributed by atoms with Gasteiger partial charge >= 0.3 is 0 Å². The van der Waals surface area contributed by atoms with Crippen LogP contribution < -0.4 is 5.73 Å². The fourth-order valence-corrected chi connectivity index (χ4v) is 1.44. The van der Waals surface area contributed by atoms with Crippen LogP contribution in [-0.2, 0) is 5.54 Å². The maximum atomic E-state index is 6.03. The lowest BCUT2D eigenvalue weighted by Gasteiger charge is -2.42. The van der Waals surface area contributed by atoms with Crippen molar-refractivity contribution in [2.75, 3.05) is 0 Å². The molecular weight excluding hydrogens is 142 g/mol. The van der Waals surface area contributed by atoms with Crippen molar-refractivity contribution in [3.05, 3.63) is 5.82 Å². The van der Waals surface area contributed by atoms with E-state index in [0.717, 1.165) is 12.8 Å². The second-order valence-electron chi connectivity index (χ2n) is 3.22. The molecule has 1 aliphatic carbocycles. The lowest BCUT2D eigenvalue weighted by molar-refractivity contribution is 0.134. The van der Waals surface area contributed by atoms with E-state index in [4.69, 9.17) is 5.73 Å². The normalized spacial score (nSPS) is 36.7. The van der Waals surface area contributed by atoms with E-state index in [2.05, 4.69) is 27.5 Å². The van der Waals surface area contributed by atoms with Crippen LogP contribution in [0, 0.1) is 5.92 Å². The third-order valence-electron chi connectivity index (χ3n) is 2.63. The Morgan fingerprint density at radius 2 is 2.55 bits per heavy atom. The highest BCUT2D eigenvalue weighted by atomic mass is 15.5. The van der Waals surface area contributed by atoms with E-state index >= 15 is 0 Å². The standard InChI is InChI=1S/C6H11N5/c1-4-2-3-6(4,7)5-8-10-11-9-5/h4H,2-3,7H2,1H3,(H,8,9,10,11). The van der Waals surface area contributed by atoms with Crippen LogP contribution in [0.3, 0.4) is 0 Å². The number of hydrogen-bond acceptors (Lipinski definition) is 4. The Morgan fingerprint density at radius 3 is 2.91 bits per heavy atom. The zero-order valence-electron chi connectivity index (χ0n) is 6.41. The van der Waals surface area contributed by atoms with Gasteiger partial charge in [0.2, 0.25) is 0 Å². The Bertz CT molecular complexity index is 243. The number of aromatic nitrogens is 4. The van der Waals surface area contributed by atoms with E-state index in [0.29, 0.717) is 11.7 Å². The fourth-order valence-electron chi connectivity index (χ4n) is 1.44. The molecule has 1 aromatic heterocycles. The molecule has 1 aromatic rings. The molecule has 0 amide bonds. The van der Waals surface area contributed by atoms with Gasteiger partial charge in [0, 0.05) is 0 Å². The Balaban J connectivity index is 2.28. The molecule has 60 valence electrons. The van der Waals surface area contributed by atoms with Crippen molar-refractivity contribution in [1.29, 1.82) is 0 Å². The predicted octanol–water partition coefficient (Wildman–Crippen LogP) is -0.216. The molecule has 0 bridgehead atoms. The second kappa shape index (κ2) is 2.01. The molecule has 0 saturated heterocycles. The van der Waals surface area contributed by atoms with Crippen molar-refractivity contribution in [2.24, 2.45) is 11.7 Å². The number of nitrogens with zero attached hydrogens (tertiary/aromatic N) is 3. The number of tetrazole rings is 1. The molecular formula is C6H11N5. The van der Waals surface area contributed by atoms with E-state index in [1.807, 2.05) is 0 Å². The van der Waals surface area contributed by atoms with Crippen LogP contribution in [0.4, 0.5) is 0 Å². The molecule has 2 rings (SSSR count). The van der Waals surface area contributed by atoms with Gasteiger partial charge in [0.05, 0.1) is 5.54 Å². The topological polar surface area (TPSA) is 80.5 Å². The van der Waals surface area contributed by atoms with Crippen molar-refractivity contribution in [3.63, 3.8) is 0 Å². The maximum Gasteiger partial charge on any atom is 0.194 e. The molecule has 11 heavy (non-hydrogen) atoms. The maximum absolute atomic E-state index is 6.03. The Hall–Kier alpha value is -0.970. The van der Waals surface area contributed by atoms with Crippen LogP contribution in [0.2, 0.25) is 0 Å². The zero-order chi connectivity index (χ0) is 7.90. The Morgan fingerprint density at radius 1 is 1.73 bits per heavy atom. The molecule has 2 unspecified atom stereocenters. The molecule has 1 heterocycles. The smallest absolute Gasteiger partial charge is 0.194 e. The summed E-state index contributed by atoms with van der Waals surface area (Å²) in [4.78, 5) is 0. The van der Waals surface area contributed by atoms with Crippen LogP contribution in [0.15, 0.2) is 0 Å². The highest BCUT2D eigenvalue weighted by Gasteiger charge is 2.45. The van der Waals surface area contributed by atoms with Crippen molar-refractivity contribution in [1.82, 2.24) is 20.6 Å². The van der Waals surface area contributed by atoms with Gasteiger partial charge in [-0.3, -0.25) is 0 Å². The average Bonchev–Trinajstić information content (AvgIpc) is 2.52. The molecule has 1 saturated carbocycles. The van der Waals surface area contributed by atoms with Gasteiger partial charge < -0.3 is 5.73 Å². The first kappa shape index (κ1) is 6.72. The Kier molecular flexibility index (Phi) is 1.23. The van der Waals surface area contributed by atoms with Crippen LogP contribution in [-0.4, -0.2) is 20.6 Å². The molecule has 0 spiro atoms. The van der Waals surface area contributed by atoms with E-state index < -0.39 is 0 Å². The summed E-state index contributed by atoms with van der Waals surface area (Å²) >= 11 is 0. The van der Waals surface area contributed by atoms with E-state index in [9.17, 15) is 0 Å². The minimum absolute atomic E-state index is 0.312. The van der Waals surface area contributed by atoms with Crippen molar-refractivity contribution in [3.8, 4) is 0 Å². The van der Waals surface area contributed by atoms with Crippen LogP contribution in [0.5, 0.6) is 0 Å². The summed E-state index contributed by atoms with van der Waals surface area (Å²) in [7, 11) is 0. The number of H-pyrrole nitrogens is 1. The first-order valence-corrected chi connectivity index (χ1v) is 3.76. The molecule has 5 nitrogen and oxygen atoms in total. The highest BCUT2D eigenvalue weighted by molar-refractivity contribution is 5.09. The number of rotatable bonds is 1. The molecule has 0 aliphatic heterocycles. The first-order valence-electron chi connectivity index (χ1n) is 3.76. The predicted molar refractivity (Wildman–Crippen MR) is 38.4 cm³/mol. The van der Waals surface area contributed by atoms with Crippen LogP contribution in [0.25, 0.3) is 0 Å². The Labute approximate surface area is 64.4 Å². The summed E-state index contributed by atoms with van der Waals surface area (Å²) in [6.07, 6.45) is 2.12. The molecule has 0 radical (unpaired) electrons. The van der Waals surface area contributed by atoms with Gasteiger partial charge in [0.1, 0.15) is 0 Å². The van der Waals surface area contributed by atoms with Crippen LogP contribution >= 0.6 is 0 Å². The third kappa shape index (κ3) is 0.773. The van der Waals surface area contributed by atoms with E-state index in [1.54, 1.807) is 0 Å². The third-order valence-corrected chi connectivity index (χ3v) is 2.63. The average molecular weight is 153 g/mol. The monoisotopic (exact) mass is 153 g/mol. The molecule has 0 aromatic carbocycles. The summed E-state index contributed by atoms with van der Waals surface area (Å²) in [6.45, 7) is 2.11. The van der Waals surface area contributed by atoms with Crippen molar-refractivity contribution in [2.45, 2.75) is 25.3 Å². The molecule has 1 fully saturated rings. The number of aromatic amines is 1. The molecule has 3 N–H and O–H groups in total. The molecule has 1 aliphatic rings. The van der Waals surface area contributed by atoms with Crippen molar-refractivity contribution >= 4 is 0 Å². The van der Waals surface area contributed by atoms with Crippen LogP contribution in [0.1, 0.15) is 25.6 Å². The lowest BCUT2D eigenvalue weighted by atomic mass is 9.68. The number of hydrogen-bond donors (Lipinski definition) is 2. The summed E-state index contributed by atoms with van der Waals surface area (Å²) in [5, 5.41) is 13.7. The van der Waals surface area contributed by atoms with Gasteiger partial charge in [0.25, 0.3) is 0 Å². The summed E-state index contributed by atoms with van der Waals surface area (Å²) < 4.78 is 0. The highest BCUT2D eigenvalue weighted by Crippen LogP contribution is 2.41. The van der Waals surface area contributed by atoms with Gasteiger partial charge in [-0.15, -0.1) is 10.2 Å². The van der Waals surface area contributed by atoms with Gasteiger partial charge in [-0.05, 0) is 18.8 Å². The lowest BCUT2D eigenvalue weighted by Crippen LogP contribution is -2.51. The van der Waals surface area contributed by atoms with E-state index in [1.165, 1.54) is 0 Å². The van der Waals surface area contributed by atoms with Crippen molar-refractivity contribution < 1.29 is 0 Å². The quantitative estimate of drug-likeness (QED) is 0.584. The fraction of sp³-hybridized carbons (Fsp3) is 0.833. The SMILES string of the molecule is CC1CCC1(N)c1nn[nH]n1. The number of nitrogens with two attached hydrogens (primary N) is 1. The number of nitrogens with one attached hydrogen (secondary N) is 1. The second-order valence-corrected chi connectivity index (χ2v) is 3.22. The summed E-state index contributed by atoms with van der Waals surface area (Å²) in [5.41, 5.74) is 5.71. The summed E-state index contributed by atoms with van der Waals surface area (Å²) in [6, 6.07) is 0. The zero-order valence-corrected chi connectivity index (χ0v) is 6.41.